The molecule has 0 bridgehead atoms. The number of hydrogen-bond acceptors (Lipinski definition) is 4. The Morgan fingerprint density at radius 3 is 1.88 bits per heavy atom. The lowest BCUT2D eigenvalue weighted by Crippen LogP contribution is -2.33. The smallest absolute Gasteiger partial charge is 0.206 e. The number of hydrogen-bond donors (Lipinski definition) is 0. The molecule has 0 saturated heterocycles. The van der Waals surface area contributed by atoms with Crippen LogP contribution in [0.15, 0.2) is 58.3 Å². The van der Waals surface area contributed by atoms with Crippen LogP contribution in [0.4, 0.5) is 13.2 Å². The quantitative estimate of drug-likeness (QED) is 0.801. The van der Waals surface area contributed by atoms with Gasteiger partial charge in [-0.3, -0.25) is 0 Å². The summed E-state index contributed by atoms with van der Waals surface area (Å²) in [6.45, 7) is 1.72. The van der Waals surface area contributed by atoms with Gasteiger partial charge in [0.15, 0.2) is 0 Å². The number of sulfonamides is 2. The van der Waals surface area contributed by atoms with Crippen LogP contribution in [0, 0.1) is 6.92 Å². The monoisotopic (exact) mass is 393 g/mol. The van der Waals surface area contributed by atoms with Crippen LogP contribution in [0.25, 0.3) is 0 Å². The molecule has 0 aliphatic heterocycles. The van der Waals surface area contributed by atoms with Gasteiger partial charge in [-0.05, 0) is 37.3 Å². The summed E-state index contributed by atoms with van der Waals surface area (Å²) in [4.78, 5) is -1.04. The summed E-state index contributed by atoms with van der Waals surface area (Å²) >= 11 is 0. The third kappa shape index (κ3) is 3.86. The average molecular weight is 393 g/mol. The molecule has 0 saturated carbocycles. The first-order chi connectivity index (χ1) is 11.4. The van der Waals surface area contributed by atoms with Crippen molar-refractivity contribution in [1.29, 1.82) is 0 Å². The Labute approximate surface area is 143 Å². The van der Waals surface area contributed by atoms with Crippen LogP contribution >= 0.6 is 0 Å². The van der Waals surface area contributed by atoms with Gasteiger partial charge in [-0.25, -0.2) is 16.8 Å². The first kappa shape index (κ1) is 19.4. The third-order valence-electron chi connectivity index (χ3n) is 3.46. The van der Waals surface area contributed by atoms with Gasteiger partial charge in [-0.15, -0.1) is 0 Å². The molecule has 0 amide bonds. The molecule has 0 aromatic heterocycles. The molecule has 0 atom stereocenters. The van der Waals surface area contributed by atoms with E-state index in [1.807, 2.05) is 0 Å². The van der Waals surface area contributed by atoms with Gasteiger partial charge in [0, 0.05) is 7.05 Å². The lowest BCUT2D eigenvalue weighted by Gasteiger charge is -2.18. The average Bonchev–Trinajstić information content (AvgIpc) is 2.54. The fourth-order valence-corrected chi connectivity index (χ4v) is 5.12. The van der Waals surface area contributed by atoms with Crippen molar-refractivity contribution < 1.29 is 30.0 Å². The van der Waals surface area contributed by atoms with E-state index in [0.29, 0.717) is 12.1 Å². The normalized spacial score (nSPS) is 13.2. The molecule has 25 heavy (non-hydrogen) atoms. The molecule has 136 valence electrons. The minimum atomic E-state index is -4.75. The van der Waals surface area contributed by atoms with Crippen molar-refractivity contribution in [2.24, 2.45) is 0 Å². The van der Waals surface area contributed by atoms with E-state index < -0.39 is 36.7 Å². The predicted molar refractivity (Wildman–Crippen MR) is 84.8 cm³/mol. The van der Waals surface area contributed by atoms with E-state index in [0.717, 1.165) is 24.7 Å². The molecule has 0 unspecified atom stereocenters. The highest BCUT2D eigenvalue weighted by Gasteiger charge is 2.36. The molecule has 0 aliphatic rings. The van der Waals surface area contributed by atoms with Gasteiger partial charge in [0.2, 0.25) is 0 Å². The summed E-state index contributed by atoms with van der Waals surface area (Å²) in [5.74, 6) is 0. The summed E-state index contributed by atoms with van der Waals surface area (Å²) < 4.78 is 88.3. The van der Waals surface area contributed by atoms with Crippen LogP contribution < -0.4 is 0 Å². The largest absolute Gasteiger partial charge is 0.416 e. The molecule has 2 rings (SSSR count). The molecule has 2 aromatic carbocycles. The highest BCUT2D eigenvalue weighted by atomic mass is 32.3. The number of aryl methyl sites for hydroxylation is 1. The molecule has 0 N–H and O–H groups in total. The van der Waals surface area contributed by atoms with E-state index in [2.05, 4.69) is 0 Å². The van der Waals surface area contributed by atoms with Crippen LogP contribution in [-0.4, -0.2) is 27.6 Å². The fourth-order valence-electron chi connectivity index (χ4n) is 1.97. The Morgan fingerprint density at radius 1 is 0.840 bits per heavy atom. The van der Waals surface area contributed by atoms with Gasteiger partial charge >= 0.3 is 6.18 Å². The number of benzene rings is 2. The van der Waals surface area contributed by atoms with Gasteiger partial charge in [-0.2, -0.15) is 13.2 Å². The van der Waals surface area contributed by atoms with E-state index >= 15 is 0 Å². The van der Waals surface area contributed by atoms with Crippen LogP contribution in [0.2, 0.25) is 0 Å². The van der Waals surface area contributed by atoms with Gasteiger partial charge in [-0.1, -0.05) is 27.5 Å². The van der Waals surface area contributed by atoms with Crippen molar-refractivity contribution >= 4 is 20.0 Å². The zero-order chi connectivity index (χ0) is 19.0. The molecular weight excluding hydrogens is 379 g/mol. The summed E-state index contributed by atoms with van der Waals surface area (Å²) in [6, 6.07) is 8.33. The van der Waals surface area contributed by atoms with Gasteiger partial charge in [0.25, 0.3) is 20.0 Å². The maximum atomic E-state index is 12.8. The van der Waals surface area contributed by atoms with Crippen molar-refractivity contribution in [3.8, 4) is 0 Å². The predicted octanol–water partition coefficient (Wildman–Crippen LogP) is 3.02. The molecule has 0 fully saturated rings. The first-order valence-corrected chi connectivity index (χ1v) is 9.73. The van der Waals surface area contributed by atoms with E-state index in [-0.39, 0.29) is 8.61 Å². The van der Waals surface area contributed by atoms with Crippen LogP contribution in [0.3, 0.4) is 0 Å². The molecule has 0 spiro atoms. The maximum absolute atomic E-state index is 12.8. The van der Waals surface area contributed by atoms with E-state index in [9.17, 15) is 30.0 Å². The first-order valence-electron chi connectivity index (χ1n) is 6.85. The summed E-state index contributed by atoms with van der Waals surface area (Å²) in [6.07, 6.45) is -4.75. The van der Waals surface area contributed by atoms with Crippen molar-refractivity contribution in [1.82, 2.24) is 3.71 Å². The van der Waals surface area contributed by atoms with Gasteiger partial charge in [0.1, 0.15) is 0 Å². The molecule has 5 nitrogen and oxygen atoms in total. The lowest BCUT2D eigenvalue weighted by molar-refractivity contribution is -0.137. The minimum absolute atomic E-state index is 0.0696. The summed E-state index contributed by atoms with van der Waals surface area (Å²) in [5.41, 5.74) is -0.419. The topological polar surface area (TPSA) is 71.5 Å². The molecule has 2 aromatic rings. The Bertz CT molecular complexity index is 982. The highest BCUT2D eigenvalue weighted by molar-refractivity contribution is 8.04. The van der Waals surface area contributed by atoms with Crippen molar-refractivity contribution in [2.45, 2.75) is 22.9 Å². The Kier molecular flexibility index (Phi) is 4.99. The van der Waals surface area contributed by atoms with Gasteiger partial charge in [0.05, 0.1) is 15.4 Å². The molecule has 0 radical (unpaired) electrons. The molecular formula is C15H14F3NO4S2. The van der Waals surface area contributed by atoms with Crippen molar-refractivity contribution in [2.75, 3.05) is 7.05 Å². The standard InChI is InChI=1S/C15H14F3NO4S2/c1-11-6-8-13(9-7-11)24(20,21)19(2)25(22,23)14-5-3-4-12(10-14)15(16,17)18/h3-10H,1-2H3. The van der Waals surface area contributed by atoms with Crippen LogP contribution in [-0.2, 0) is 26.2 Å². The third-order valence-corrected chi connectivity index (χ3v) is 7.70. The van der Waals surface area contributed by atoms with Crippen LogP contribution in [0.1, 0.15) is 11.1 Å². The van der Waals surface area contributed by atoms with Crippen LogP contribution in [0.5, 0.6) is 0 Å². The molecule has 0 aliphatic carbocycles. The van der Waals surface area contributed by atoms with E-state index in [1.54, 1.807) is 6.92 Å². The zero-order valence-electron chi connectivity index (χ0n) is 13.1. The lowest BCUT2D eigenvalue weighted by atomic mass is 10.2. The molecule has 0 heterocycles. The Morgan fingerprint density at radius 2 is 1.36 bits per heavy atom. The number of rotatable bonds is 4. The Hall–Kier alpha value is -1.91. The molecule has 10 heteroatoms. The SMILES string of the molecule is Cc1ccc(S(=O)(=O)N(C)S(=O)(=O)c2cccc(C(F)(F)F)c2)cc1. The summed E-state index contributed by atoms with van der Waals surface area (Å²) in [7, 11) is -8.36. The Balaban J connectivity index is 2.51. The number of alkyl halides is 3. The fraction of sp³-hybridized carbons (Fsp3) is 0.200. The van der Waals surface area contributed by atoms with Gasteiger partial charge < -0.3 is 0 Å². The second-order valence-corrected chi connectivity index (χ2v) is 9.40. The van der Waals surface area contributed by atoms with Crippen molar-refractivity contribution in [3.05, 3.63) is 59.7 Å². The van der Waals surface area contributed by atoms with E-state index in [4.69, 9.17) is 0 Å². The second kappa shape index (κ2) is 6.43. The number of nitrogens with zero attached hydrogens (tertiary/aromatic N) is 1. The maximum Gasteiger partial charge on any atom is 0.416 e. The highest BCUT2D eigenvalue weighted by Crippen LogP contribution is 2.31. The summed E-state index contributed by atoms with van der Waals surface area (Å²) in [5, 5.41) is 0. The zero-order valence-corrected chi connectivity index (χ0v) is 14.8. The van der Waals surface area contributed by atoms with Crippen molar-refractivity contribution in [3.63, 3.8) is 0 Å². The second-order valence-electron chi connectivity index (χ2n) is 5.23. The number of halogens is 3. The van der Waals surface area contributed by atoms with E-state index in [1.165, 1.54) is 24.3 Å². The minimum Gasteiger partial charge on any atom is -0.206 e.